The molecule has 1 N–H and O–H groups in total. The molecule has 0 saturated carbocycles. The third kappa shape index (κ3) is 4.94. The Hall–Kier alpha value is -2.91. The standard InChI is InChI=1S/C25H32B5N3O5/c26-20-12-32(24(27,28)25(29,30)38-20)10-14-4-6-15(7-5-14)13-37-19-3-1-2-16-17(19)11-33(23(16)36)18-8-9-21(34)31-22(18)35/h1-7,18,20H,8-13,26-30H2,(H,31,34,35). The van der Waals surface area contributed by atoms with Gasteiger partial charge in [-0.15, -0.1) is 0 Å². The summed E-state index contributed by atoms with van der Waals surface area (Å²) in [5.41, 5.74) is 3.60. The van der Waals surface area contributed by atoms with Gasteiger partial charge in [0.2, 0.25) is 11.8 Å². The number of benzene rings is 2. The first-order chi connectivity index (χ1) is 18.0. The number of hydrogen-bond donors (Lipinski definition) is 1. The Labute approximate surface area is 228 Å². The number of nitrogens with zero attached hydrogens (tertiary/aromatic N) is 2. The number of fused-ring (bicyclic) bond motifs is 1. The molecule has 5 rings (SSSR count). The minimum atomic E-state index is -0.641. The Balaban J connectivity index is 1.24. The van der Waals surface area contributed by atoms with Crippen LogP contribution in [0.1, 0.15) is 39.9 Å². The van der Waals surface area contributed by atoms with E-state index in [9.17, 15) is 14.4 Å². The van der Waals surface area contributed by atoms with Gasteiger partial charge in [0.15, 0.2) is 0 Å². The van der Waals surface area contributed by atoms with E-state index < -0.39 is 11.9 Å². The maximum Gasteiger partial charge on any atom is 0.255 e. The van der Waals surface area contributed by atoms with Gasteiger partial charge in [-0.2, -0.15) is 0 Å². The molecule has 38 heavy (non-hydrogen) atoms. The molecule has 0 radical (unpaired) electrons. The molecule has 2 unspecified atom stereocenters. The summed E-state index contributed by atoms with van der Waals surface area (Å²) in [5.74, 6) is -0.269. The lowest BCUT2D eigenvalue weighted by Gasteiger charge is -2.56. The first-order valence-electron chi connectivity index (χ1n) is 13.4. The molecular formula is C25H32B5N3O5. The van der Waals surface area contributed by atoms with Gasteiger partial charge in [0.25, 0.3) is 5.91 Å². The van der Waals surface area contributed by atoms with Crippen molar-refractivity contribution in [2.24, 2.45) is 0 Å². The third-order valence-electron chi connectivity index (χ3n) is 8.57. The zero-order chi connectivity index (χ0) is 27.2. The highest BCUT2D eigenvalue weighted by atomic mass is 16.5. The average Bonchev–Trinajstić information content (AvgIpc) is 3.18. The minimum Gasteiger partial charge on any atom is -0.489 e. The molecule has 2 atom stereocenters. The summed E-state index contributed by atoms with van der Waals surface area (Å²) in [6.07, 6.45) is 0.570. The molecule has 8 nitrogen and oxygen atoms in total. The number of carbonyl (C=O) groups excluding carboxylic acids is 3. The van der Waals surface area contributed by atoms with Gasteiger partial charge in [0.1, 0.15) is 57.6 Å². The number of carbonyl (C=O) groups is 3. The van der Waals surface area contributed by atoms with Crippen LogP contribution >= 0.6 is 0 Å². The van der Waals surface area contributed by atoms with E-state index in [1.54, 1.807) is 17.0 Å². The highest BCUT2D eigenvalue weighted by Crippen LogP contribution is 2.34. The largest absolute Gasteiger partial charge is 0.489 e. The van der Waals surface area contributed by atoms with Crippen molar-refractivity contribution in [3.05, 3.63) is 64.7 Å². The van der Waals surface area contributed by atoms with Crippen LogP contribution in [0.25, 0.3) is 0 Å². The number of rotatable bonds is 6. The highest BCUT2D eigenvalue weighted by Gasteiger charge is 2.46. The fraction of sp³-hybridized carbons (Fsp3) is 0.400. The van der Waals surface area contributed by atoms with Crippen LogP contribution in [-0.4, -0.2) is 96.1 Å². The summed E-state index contributed by atoms with van der Waals surface area (Å²) in [5, 5.41) is 1.99. The quantitative estimate of drug-likeness (QED) is 0.324. The summed E-state index contributed by atoms with van der Waals surface area (Å²) < 4.78 is 12.4. The van der Waals surface area contributed by atoms with Crippen LogP contribution in [0, 0.1) is 0 Å². The molecule has 2 saturated heterocycles. The van der Waals surface area contributed by atoms with E-state index in [2.05, 4.69) is 73.7 Å². The maximum absolute atomic E-state index is 13.1. The van der Waals surface area contributed by atoms with E-state index in [1.165, 1.54) is 5.56 Å². The van der Waals surface area contributed by atoms with Crippen molar-refractivity contribution in [2.45, 2.75) is 55.3 Å². The molecule has 0 bridgehead atoms. The van der Waals surface area contributed by atoms with Gasteiger partial charge in [-0.1, -0.05) is 30.3 Å². The summed E-state index contributed by atoms with van der Waals surface area (Å²) in [6, 6.07) is 13.4. The van der Waals surface area contributed by atoms with E-state index >= 15 is 0 Å². The predicted octanol–water partition coefficient (Wildman–Crippen LogP) is -3.34. The Morgan fingerprint density at radius 2 is 1.74 bits per heavy atom. The molecular weight excluding hydrogens is 476 g/mol. The molecule has 3 aliphatic heterocycles. The molecule has 192 valence electrons. The molecule has 0 aliphatic carbocycles. The van der Waals surface area contributed by atoms with E-state index in [4.69, 9.17) is 9.47 Å². The van der Waals surface area contributed by atoms with Gasteiger partial charge in [-0.25, -0.2) is 0 Å². The third-order valence-corrected chi connectivity index (χ3v) is 8.57. The van der Waals surface area contributed by atoms with Crippen LogP contribution in [0.2, 0.25) is 0 Å². The number of nitrogens with one attached hydrogen (secondary N) is 1. The molecule has 3 aliphatic rings. The normalized spacial score (nSPS) is 24.6. The number of ether oxygens (including phenoxy) is 2. The van der Waals surface area contributed by atoms with Crippen molar-refractivity contribution in [3.63, 3.8) is 0 Å². The average molecular weight is 509 g/mol. The van der Waals surface area contributed by atoms with E-state index in [0.29, 0.717) is 30.9 Å². The summed E-state index contributed by atoms with van der Waals surface area (Å²) in [6.45, 7) is 2.39. The molecule has 2 aromatic rings. The molecule has 2 fully saturated rings. The van der Waals surface area contributed by atoms with Crippen molar-refractivity contribution in [3.8, 4) is 5.75 Å². The van der Waals surface area contributed by atoms with Crippen LogP contribution in [0.3, 0.4) is 0 Å². The van der Waals surface area contributed by atoms with Crippen molar-refractivity contribution in [1.82, 2.24) is 15.1 Å². The second kappa shape index (κ2) is 10.0. The fourth-order valence-electron chi connectivity index (χ4n) is 5.68. The first-order valence-corrected chi connectivity index (χ1v) is 13.4. The van der Waals surface area contributed by atoms with Gasteiger partial charge >= 0.3 is 0 Å². The minimum absolute atomic E-state index is 0.103. The topological polar surface area (TPSA) is 88.2 Å². The van der Waals surface area contributed by atoms with E-state index in [-0.39, 0.29) is 35.0 Å². The molecule has 3 amide bonds. The van der Waals surface area contributed by atoms with Crippen LogP contribution in [0.5, 0.6) is 5.75 Å². The zero-order valence-corrected chi connectivity index (χ0v) is 22.9. The number of hydrogen-bond acceptors (Lipinski definition) is 6. The smallest absolute Gasteiger partial charge is 0.255 e. The summed E-state index contributed by atoms with van der Waals surface area (Å²) >= 11 is 0. The molecule has 2 aromatic carbocycles. The fourth-order valence-corrected chi connectivity index (χ4v) is 5.68. The Morgan fingerprint density at radius 3 is 2.45 bits per heavy atom. The predicted molar refractivity (Wildman–Crippen MR) is 157 cm³/mol. The van der Waals surface area contributed by atoms with Crippen molar-refractivity contribution >= 4 is 57.0 Å². The van der Waals surface area contributed by atoms with E-state index in [1.807, 2.05) is 6.07 Å². The Morgan fingerprint density at radius 1 is 1.03 bits per heavy atom. The highest BCUT2D eigenvalue weighted by molar-refractivity contribution is 6.54. The second-order valence-corrected chi connectivity index (χ2v) is 11.7. The van der Waals surface area contributed by atoms with Crippen molar-refractivity contribution < 1.29 is 23.9 Å². The van der Waals surface area contributed by atoms with Gasteiger partial charge in [0.05, 0.1) is 6.54 Å². The van der Waals surface area contributed by atoms with Gasteiger partial charge in [0, 0.05) is 42.0 Å². The van der Waals surface area contributed by atoms with Gasteiger partial charge in [-0.3, -0.25) is 19.7 Å². The van der Waals surface area contributed by atoms with Crippen molar-refractivity contribution in [1.29, 1.82) is 0 Å². The molecule has 13 heteroatoms. The van der Waals surface area contributed by atoms with Crippen LogP contribution < -0.4 is 10.1 Å². The van der Waals surface area contributed by atoms with Crippen LogP contribution in [0.4, 0.5) is 0 Å². The first kappa shape index (κ1) is 26.7. The number of piperidine rings is 1. The lowest BCUT2D eigenvalue weighted by molar-refractivity contribution is -0.136. The van der Waals surface area contributed by atoms with Crippen molar-refractivity contribution in [2.75, 3.05) is 6.54 Å². The molecule has 3 heterocycles. The number of amides is 3. The summed E-state index contributed by atoms with van der Waals surface area (Å²) in [7, 11) is 10.9. The molecule has 0 aromatic heterocycles. The molecule has 0 spiro atoms. The lowest BCUT2D eigenvalue weighted by atomic mass is 9.38. The SMILES string of the molecule is BC1CN(Cc2ccc(COc3cccc4c3CN(C3CCC(=O)NC3=O)C4=O)cc2)C(B)(B)C(B)(B)O1. The van der Waals surface area contributed by atoms with Crippen LogP contribution in [-0.2, 0) is 34.0 Å². The monoisotopic (exact) mass is 509 g/mol. The zero-order valence-electron chi connectivity index (χ0n) is 22.9. The lowest BCUT2D eigenvalue weighted by Crippen LogP contribution is -2.73. The summed E-state index contributed by atoms with van der Waals surface area (Å²) in [4.78, 5) is 41.0. The Kier molecular flexibility index (Phi) is 7.03. The Bertz CT molecular complexity index is 1270. The number of imide groups is 1. The second-order valence-electron chi connectivity index (χ2n) is 11.7. The number of morpholine rings is 1. The maximum atomic E-state index is 13.1. The van der Waals surface area contributed by atoms with Gasteiger partial charge in [-0.05, 0) is 35.0 Å². The van der Waals surface area contributed by atoms with E-state index in [0.717, 1.165) is 24.2 Å². The van der Waals surface area contributed by atoms with Gasteiger partial charge < -0.3 is 19.3 Å². The van der Waals surface area contributed by atoms with Crippen LogP contribution in [0.15, 0.2) is 42.5 Å².